The van der Waals surface area contributed by atoms with E-state index in [1.807, 2.05) is 0 Å². The van der Waals surface area contributed by atoms with Crippen LogP contribution in [0.15, 0.2) is 95.2 Å². The van der Waals surface area contributed by atoms with Gasteiger partial charge in [-0.1, -0.05) is 24.3 Å². The molecule has 0 fully saturated rings. The van der Waals surface area contributed by atoms with Gasteiger partial charge in [-0.15, -0.1) is 0 Å². The highest BCUT2D eigenvalue weighted by molar-refractivity contribution is 8.02. The smallest absolute Gasteiger partial charge is 0.310 e. The first kappa shape index (κ1) is 42.9. The number of nitrogens with zero attached hydrogens (tertiary/aromatic N) is 4. The van der Waals surface area contributed by atoms with E-state index < -0.39 is 54.2 Å². The van der Waals surface area contributed by atoms with E-state index in [1.165, 1.54) is 62.5 Å². The Morgan fingerprint density at radius 3 is 1.29 bits per heavy atom. The van der Waals surface area contributed by atoms with Crippen LogP contribution >= 0.6 is 0 Å². The van der Waals surface area contributed by atoms with Gasteiger partial charge in [0.25, 0.3) is 11.8 Å². The van der Waals surface area contributed by atoms with Gasteiger partial charge in [-0.2, -0.15) is 16.8 Å². The van der Waals surface area contributed by atoms with E-state index >= 15 is 0 Å². The van der Waals surface area contributed by atoms with Gasteiger partial charge in [0.2, 0.25) is 0 Å². The Balaban J connectivity index is 0.996. The third kappa shape index (κ3) is 8.32. The van der Waals surface area contributed by atoms with Gasteiger partial charge in [-0.05, 0) is 58.7 Å². The van der Waals surface area contributed by atoms with Gasteiger partial charge >= 0.3 is 20.2 Å². The molecule has 0 saturated heterocycles. The molecule has 0 unspecified atom stereocenters. The molecule has 20 heteroatoms. The van der Waals surface area contributed by atoms with Crippen molar-refractivity contribution in [2.45, 2.75) is 31.3 Å². The van der Waals surface area contributed by atoms with E-state index in [9.17, 15) is 35.5 Å². The Morgan fingerprint density at radius 2 is 0.952 bits per heavy atom. The van der Waals surface area contributed by atoms with Crippen molar-refractivity contribution in [3.8, 4) is 34.5 Å². The summed E-state index contributed by atoms with van der Waals surface area (Å²) in [4.78, 5) is 39.0. The molecule has 18 nitrogen and oxygen atoms in total. The van der Waals surface area contributed by atoms with Gasteiger partial charge in [0, 0.05) is 43.8 Å². The molecule has 63 heavy (non-hydrogen) atoms. The maximum Gasteiger partial charge on any atom is 0.310 e. The Hall–Kier alpha value is -6.74. The largest absolute Gasteiger partial charge is 0.497 e. The molecule has 4 aliphatic heterocycles. The Morgan fingerprint density at radius 1 is 0.571 bits per heavy atom. The molecular formula is C43H40N4O14S2. The van der Waals surface area contributed by atoms with Crippen molar-refractivity contribution in [2.75, 3.05) is 41.7 Å². The highest BCUT2D eigenvalue weighted by Gasteiger charge is 2.44. The fourth-order valence-corrected chi connectivity index (χ4v) is 9.27. The first-order valence-corrected chi connectivity index (χ1v) is 22.2. The average molecular weight is 901 g/mol. The molecule has 2 amide bonds. The number of carbonyl (C=O) groups excluding carboxylic acids is 2. The number of hydrogen-bond acceptors (Lipinski definition) is 14. The zero-order valence-corrected chi connectivity index (χ0v) is 35.8. The van der Waals surface area contributed by atoms with Crippen LogP contribution in [0, 0.1) is 0 Å². The molecule has 4 aliphatic rings. The fourth-order valence-electron chi connectivity index (χ4n) is 7.76. The first-order valence-electron chi connectivity index (χ1n) is 19.3. The second-order valence-corrected chi connectivity index (χ2v) is 17.3. The summed E-state index contributed by atoms with van der Waals surface area (Å²) in [5, 5.41) is -1.23. The number of rotatable bonds is 12. The van der Waals surface area contributed by atoms with Crippen molar-refractivity contribution in [3.63, 3.8) is 0 Å². The van der Waals surface area contributed by atoms with Gasteiger partial charge in [-0.3, -0.25) is 18.7 Å². The summed E-state index contributed by atoms with van der Waals surface area (Å²) < 4.78 is 105. The van der Waals surface area contributed by atoms with Crippen LogP contribution in [0.2, 0.25) is 0 Å². The van der Waals surface area contributed by atoms with Crippen LogP contribution < -0.4 is 28.4 Å². The zero-order chi connectivity index (χ0) is 44.8. The number of hydrogen-bond donors (Lipinski definition) is 2. The monoisotopic (exact) mass is 900 g/mol. The van der Waals surface area contributed by atoms with Gasteiger partial charge < -0.3 is 38.2 Å². The quantitative estimate of drug-likeness (QED) is 0.124. The van der Waals surface area contributed by atoms with Crippen LogP contribution in [0.4, 0.5) is 11.4 Å². The van der Waals surface area contributed by atoms with Crippen molar-refractivity contribution in [3.05, 3.63) is 107 Å². The van der Waals surface area contributed by atoms with Gasteiger partial charge in [-0.25, -0.2) is 9.98 Å². The summed E-state index contributed by atoms with van der Waals surface area (Å²) >= 11 is 0. The maximum absolute atomic E-state index is 14.0. The summed E-state index contributed by atoms with van der Waals surface area (Å²) in [6.45, 7) is 0.0218. The second-order valence-electron chi connectivity index (χ2n) is 14.6. The third-order valence-corrected chi connectivity index (χ3v) is 12.7. The molecule has 4 aromatic carbocycles. The molecule has 8 rings (SSSR count). The number of carbonyl (C=O) groups is 2. The Labute approximate surface area is 362 Å². The minimum atomic E-state index is -4.88. The second kappa shape index (κ2) is 16.9. The minimum absolute atomic E-state index is 0.0109. The van der Waals surface area contributed by atoms with E-state index in [-0.39, 0.29) is 78.0 Å². The summed E-state index contributed by atoms with van der Waals surface area (Å²) in [5.74, 6) is 0.644. The molecule has 2 N–H and O–H groups in total. The lowest BCUT2D eigenvalue weighted by molar-refractivity contribution is 0.0808. The Kier molecular flexibility index (Phi) is 11.5. The van der Waals surface area contributed by atoms with E-state index in [4.69, 9.17) is 28.4 Å². The molecule has 4 aromatic rings. The minimum Gasteiger partial charge on any atom is -0.497 e. The highest BCUT2D eigenvalue weighted by atomic mass is 32.2. The van der Waals surface area contributed by atoms with Crippen LogP contribution in [0.25, 0.3) is 11.1 Å². The average Bonchev–Trinajstić information content (AvgIpc) is 3.86. The van der Waals surface area contributed by atoms with Crippen LogP contribution in [-0.2, 0) is 20.2 Å². The number of ether oxygens (including phenoxy) is 6. The lowest BCUT2D eigenvalue weighted by Crippen LogP contribution is -2.40. The predicted octanol–water partition coefficient (Wildman–Crippen LogP) is 5.94. The maximum atomic E-state index is 14.0. The summed E-state index contributed by atoms with van der Waals surface area (Å²) in [7, 11) is -3.96. The van der Waals surface area contributed by atoms with Gasteiger partial charge in [0.15, 0.2) is 33.1 Å². The van der Waals surface area contributed by atoms with Crippen molar-refractivity contribution in [2.24, 2.45) is 9.98 Å². The molecule has 0 aromatic heterocycles. The number of amides is 2. The summed E-state index contributed by atoms with van der Waals surface area (Å²) in [6, 6.07) is 17.3. The normalized spacial score (nSPS) is 18.1. The van der Waals surface area contributed by atoms with Crippen LogP contribution in [0.3, 0.4) is 0 Å². The van der Waals surface area contributed by atoms with Gasteiger partial charge in [0.05, 0.1) is 76.2 Å². The predicted molar refractivity (Wildman–Crippen MR) is 230 cm³/mol. The summed E-state index contributed by atoms with van der Waals surface area (Å²) in [5.41, 5.74) is 2.66. The van der Waals surface area contributed by atoms with E-state index in [0.29, 0.717) is 22.6 Å². The lowest BCUT2D eigenvalue weighted by Gasteiger charge is -2.21. The number of methoxy groups -OCH3 is 4. The van der Waals surface area contributed by atoms with E-state index in [1.54, 1.807) is 60.9 Å². The molecule has 0 aliphatic carbocycles. The first-order chi connectivity index (χ1) is 30.1. The zero-order valence-electron chi connectivity index (χ0n) is 34.2. The van der Waals surface area contributed by atoms with Crippen LogP contribution in [0.1, 0.15) is 51.1 Å². The molecule has 0 radical (unpaired) electrons. The van der Waals surface area contributed by atoms with Crippen molar-refractivity contribution in [1.29, 1.82) is 0 Å². The van der Waals surface area contributed by atoms with Crippen LogP contribution in [-0.4, -0.2) is 111 Å². The van der Waals surface area contributed by atoms with E-state index in [2.05, 4.69) is 9.98 Å². The van der Waals surface area contributed by atoms with Crippen molar-refractivity contribution in [1.82, 2.24) is 9.80 Å². The van der Waals surface area contributed by atoms with E-state index in [0.717, 1.165) is 11.1 Å². The van der Waals surface area contributed by atoms with Crippen molar-refractivity contribution >= 4 is 64.7 Å². The topological polar surface area (TPSA) is 229 Å². The lowest BCUT2D eigenvalue weighted by atomic mass is 10.0. The van der Waals surface area contributed by atoms with Crippen molar-refractivity contribution < 1.29 is 64.0 Å². The number of aliphatic imine (C=N–C) groups is 2. The van der Waals surface area contributed by atoms with Crippen LogP contribution in [0.5, 0.6) is 34.5 Å². The molecule has 0 spiro atoms. The third-order valence-electron chi connectivity index (χ3n) is 10.9. The molecule has 0 saturated carbocycles. The highest BCUT2D eigenvalue weighted by Crippen LogP contribution is 2.44. The standard InChI is InChI=1S/C43H40N4O14S2/c1-56-28-10-6-24(7-11-28)26-16-34-40(62(50,51)52)44-32-20-38(36(58-3)18-30(32)42(48)46(34)22-26)60-14-5-15-61-39-21-33-31(19-37(39)59-4)43(49)47-23-27(25-8-12-29(57-2)13-9-25)17-35(47)41(45-33)63(53,54)55/h6-13,18-23,34-35H,5,14-17H2,1-4H3,(H,50,51,52)(H,53,54,55)/t34-,35-/m0/s1. The molecule has 2 atom stereocenters. The molecule has 0 bridgehead atoms. The number of benzene rings is 4. The Bertz CT molecular complexity index is 2680. The van der Waals surface area contributed by atoms with Gasteiger partial charge in [0.1, 0.15) is 11.5 Å². The molecule has 4 heterocycles. The molecular weight excluding hydrogens is 861 g/mol. The number of fused-ring (bicyclic) bond motifs is 4. The summed E-state index contributed by atoms with van der Waals surface area (Å²) in [6.07, 6.45) is 3.44. The molecule has 328 valence electrons. The fraction of sp³-hybridized carbons (Fsp3) is 0.256. The SMILES string of the molecule is COc1ccc(C2=CN3C(=O)c4cc(OC)c(OCCCOc5cc6c(cc5OC)C(=O)N5C=C(c7ccc(OC)cc7)C[C@H]5C(S(=O)(=O)O)=N6)cc4N=C(S(=O)(=O)O)[C@@H]3C2)cc1.